The number of nitrogens with one attached hydrogen (secondary N) is 1. The second kappa shape index (κ2) is 16.5. The lowest BCUT2D eigenvalue weighted by Crippen LogP contribution is -2.54. The minimum absolute atomic E-state index is 0.0274. The topological polar surface area (TPSA) is 228 Å². The van der Waals surface area contributed by atoms with E-state index in [1.165, 1.54) is 55.3 Å². The molecule has 2 aliphatic rings. The highest BCUT2D eigenvalue weighted by Gasteiger charge is 2.88. The quantitative estimate of drug-likeness (QED) is 0.0830. The second-order valence-corrected chi connectivity index (χ2v) is 15.8. The maximum Gasteiger partial charge on any atom is 0.459 e. The summed E-state index contributed by atoms with van der Waals surface area (Å²) >= 11 is 0. The van der Waals surface area contributed by atoms with Gasteiger partial charge in [-0.15, -0.1) is 0 Å². The van der Waals surface area contributed by atoms with E-state index in [9.17, 15) is 24.2 Å². The first-order valence-corrected chi connectivity index (χ1v) is 19.7. The average Bonchev–Trinajstić information content (AvgIpc) is 3.40. The molecule has 1 saturated heterocycles. The van der Waals surface area contributed by atoms with Crippen molar-refractivity contribution < 1.29 is 46.9 Å². The fraction of sp³-hybridized carbons (Fsp3) is 0.541. The van der Waals surface area contributed by atoms with Crippen molar-refractivity contribution in [3.63, 3.8) is 0 Å². The van der Waals surface area contributed by atoms with E-state index in [-0.39, 0.29) is 24.1 Å². The third-order valence-corrected chi connectivity index (χ3v) is 11.3. The summed E-state index contributed by atoms with van der Waals surface area (Å²) in [6.07, 6.45) is 0.100. The molecule has 7 atom stereocenters. The van der Waals surface area contributed by atoms with Crippen LogP contribution in [0.1, 0.15) is 72.6 Å². The fourth-order valence-electron chi connectivity index (χ4n) is 6.31. The van der Waals surface area contributed by atoms with Gasteiger partial charge in [0.25, 0.3) is 0 Å². The zero-order chi connectivity index (χ0) is 40.3. The first-order chi connectivity index (χ1) is 26.1. The van der Waals surface area contributed by atoms with Gasteiger partial charge in [0.15, 0.2) is 17.5 Å². The molecule has 17 nitrogen and oxygen atoms in total. The van der Waals surface area contributed by atoms with Crippen molar-refractivity contribution >= 4 is 43.2 Å². The molecular formula is C37H48N7O10P. The van der Waals surface area contributed by atoms with Crippen LogP contribution in [0.3, 0.4) is 0 Å². The number of anilines is 1. The van der Waals surface area contributed by atoms with Crippen LogP contribution < -0.4 is 15.3 Å². The van der Waals surface area contributed by atoms with E-state index >= 15 is 0 Å². The lowest BCUT2D eigenvalue weighted by atomic mass is 9.89. The molecular weight excluding hydrogens is 733 g/mol. The highest BCUT2D eigenvalue weighted by Crippen LogP contribution is 2.66. The Morgan fingerprint density at radius 3 is 2.35 bits per heavy atom. The van der Waals surface area contributed by atoms with E-state index in [4.69, 9.17) is 33.7 Å². The summed E-state index contributed by atoms with van der Waals surface area (Å²) < 4.78 is 53.3. The highest BCUT2D eigenvalue weighted by atomic mass is 31.2. The van der Waals surface area contributed by atoms with Crippen LogP contribution in [0.25, 0.3) is 5.52 Å². The number of rotatable bonds is 17. The molecule has 1 aromatic carbocycles. The number of fused-ring (bicyclic) bond motifs is 2. The molecule has 296 valence electrons. The van der Waals surface area contributed by atoms with E-state index in [0.29, 0.717) is 16.8 Å². The van der Waals surface area contributed by atoms with Crippen molar-refractivity contribution in [2.24, 2.45) is 22.7 Å². The minimum atomic E-state index is -4.66. The van der Waals surface area contributed by atoms with E-state index in [1.807, 2.05) is 19.9 Å². The Labute approximate surface area is 319 Å². The number of nitrogen functional groups attached to an aromatic ring is 1. The van der Waals surface area contributed by atoms with Crippen LogP contribution in [0.2, 0.25) is 0 Å². The third-order valence-electron chi connectivity index (χ3n) is 9.62. The number of nitrogens with zero attached hydrogens (tertiary/aromatic N) is 5. The van der Waals surface area contributed by atoms with Gasteiger partial charge in [-0.3, -0.25) is 23.9 Å². The number of aromatic nitrogens is 3. The standard InChI is InChI=1S/C37H48N7O10P/c1-9-24(10-2)18-49-34(47)23(7)43-55(48,53-26-13-11-25(17-38)12-14-26)54-30-29-37(30,52-33(46)22(5)6)35(50-32(45)21(3)4)36(51-29,19-40-8)28-16-15-27-31(39)41-20-42-44(27)28/h11-16,19-24,29-30,35H,9-10,18H2,1-8H3,(H,43,48)(H2,39,41,42)/t23-,29+,30?,35-,36-,37-,55?/m0/s1. The molecule has 55 heavy (non-hydrogen) atoms. The smallest absolute Gasteiger partial charge is 0.459 e. The Morgan fingerprint density at radius 1 is 1.07 bits per heavy atom. The predicted molar refractivity (Wildman–Crippen MR) is 199 cm³/mol. The Balaban J connectivity index is 1.60. The monoisotopic (exact) mass is 781 g/mol. The van der Waals surface area contributed by atoms with Crippen molar-refractivity contribution in [3.8, 4) is 11.8 Å². The van der Waals surface area contributed by atoms with Crippen molar-refractivity contribution in [1.82, 2.24) is 19.7 Å². The number of nitrogens with two attached hydrogens (primary N) is 1. The molecule has 2 aromatic heterocycles. The van der Waals surface area contributed by atoms with Gasteiger partial charge in [0, 0.05) is 13.3 Å². The van der Waals surface area contributed by atoms with Crippen LogP contribution >= 0.6 is 7.75 Å². The molecule has 0 radical (unpaired) electrons. The Kier molecular flexibility index (Phi) is 12.4. The molecule has 1 aliphatic carbocycles. The number of carbonyl (C=O) groups is 3. The van der Waals surface area contributed by atoms with Gasteiger partial charge >= 0.3 is 25.7 Å². The number of hydrogen-bond donors (Lipinski definition) is 2. The Morgan fingerprint density at radius 2 is 1.75 bits per heavy atom. The second-order valence-electron chi connectivity index (χ2n) is 14.2. The molecule has 1 saturated carbocycles. The molecule has 0 amide bonds. The van der Waals surface area contributed by atoms with E-state index in [0.717, 1.165) is 12.8 Å². The van der Waals surface area contributed by atoms with Crippen LogP contribution in [0.15, 0.2) is 47.7 Å². The van der Waals surface area contributed by atoms with Gasteiger partial charge < -0.3 is 29.2 Å². The summed E-state index contributed by atoms with van der Waals surface area (Å²) in [5, 5.41) is 16.3. The number of esters is 3. The largest absolute Gasteiger partial charge is 0.464 e. The van der Waals surface area contributed by atoms with Gasteiger partial charge in [0.2, 0.25) is 5.60 Å². The van der Waals surface area contributed by atoms with Crippen molar-refractivity contribution in [2.75, 3.05) is 19.4 Å². The number of hydrogen-bond acceptors (Lipinski definition) is 15. The molecule has 5 rings (SSSR count). The summed E-state index contributed by atoms with van der Waals surface area (Å²) in [6.45, 7) is 12.1. The van der Waals surface area contributed by atoms with Crippen molar-refractivity contribution in [3.05, 3.63) is 54.0 Å². The van der Waals surface area contributed by atoms with Crippen LogP contribution in [0.5, 0.6) is 5.75 Å². The normalized spacial score (nSPS) is 24.7. The van der Waals surface area contributed by atoms with Crippen LogP contribution in [-0.2, 0) is 48.0 Å². The lowest BCUT2D eigenvalue weighted by Gasteiger charge is -2.37. The molecule has 0 spiro atoms. The Hall–Kier alpha value is -4.88. The summed E-state index contributed by atoms with van der Waals surface area (Å²) in [5.74, 6) is -3.08. The summed E-state index contributed by atoms with van der Waals surface area (Å²) in [7, 11) is -3.17. The first kappa shape index (κ1) is 41.3. The van der Waals surface area contributed by atoms with E-state index in [2.05, 4.69) is 20.2 Å². The zero-order valence-electron chi connectivity index (χ0n) is 32.1. The average molecular weight is 782 g/mol. The minimum Gasteiger partial charge on any atom is -0.464 e. The molecule has 3 heterocycles. The van der Waals surface area contributed by atoms with Crippen molar-refractivity contribution in [1.29, 1.82) is 5.26 Å². The fourth-order valence-corrected chi connectivity index (χ4v) is 8.02. The summed E-state index contributed by atoms with van der Waals surface area (Å²) in [4.78, 5) is 48.6. The van der Waals surface area contributed by atoms with Gasteiger partial charge in [-0.1, -0.05) is 54.4 Å². The maximum atomic E-state index is 14.9. The first-order valence-electron chi connectivity index (χ1n) is 18.1. The van der Waals surface area contributed by atoms with Crippen LogP contribution in [0.4, 0.5) is 5.82 Å². The molecule has 2 fully saturated rings. The lowest BCUT2D eigenvalue weighted by molar-refractivity contribution is -0.185. The van der Waals surface area contributed by atoms with Gasteiger partial charge in [-0.25, -0.2) is 14.1 Å². The molecule has 1 aliphatic heterocycles. The highest BCUT2D eigenvalue weighted by molar-refractivity contribution is 7.52. The van der Waals surface area contributed by atoms with E-state index < -0.39 is 73.0 Å². The molecule has 2 unspecified atom stereocenters. The number of carbonyl (C=O) groups excluding carboxylic acids is 3. The van der Waals surface area contributed by atoms with Crippen LogP contribution in [-0.4, -0.2) is 82.3 Å². The molecule has 0 bridgehead atoms. The molecule has 3 N–H and O–H groups in total. The van der Waals surface area contributed by atoms with Gasteiger partial charge in [0.05, 0.1) is 35.8 Å². The third kappa shape index (κ3) is 8.09. The number of nitriles is 1. The predicted octanol–water partition coefficient (Wildman–Crippen LogP) is 4.53. The zero-order valence-corrected chi connectivity index (χ0v) is 33.0. The van der Waals surface area contributed by atoms with Crippen LogP contribution in [0, 0.1) is 29.1 Å². The number of aliphatic imine (C=N–C) groups is 1. The van der Waals surface area contributed by atoms with Gasteiger partial charge in [-0.05, 0) is 49.2 Å². The maximum absolute atomic E-state index is 14.9. The molecule has 18 heteroatoms. The molecule has 3 aromatic rings. The Bertz CT molecular complexity index is 2010. The SMILES string of the molecule is CCC(CC)COC(=O)[C@H](C)NP(=O)(Oc1ccc(C#N)cc1)OC1[C@H]2O[C@@](C=NC)(c3ccc4c(N)ncnn34)[C@H](OC(=O)C(C)C)[C@@]12OC(=O)C(C)C. The summed E-state index contributed by atoms with van der Waals surface area (Å²) in [6, 6.07) is 9.80. The number of benzene rings is 1. The number of ether oxygens (including phenoxy) is 4. The van der Waals surface area contributed by atoms with Crippen molar-refractivity contribution in [2.45, 2.75) is 96.9 Å². The van der Waals surface area contributed by atoms with Gasteiger partial charge in [0.1, 0.15) is 35.8 Å². The van der Waals surface area contributed by atoms with E-state index in [1.54, 1.807) is 39.8 Å². The summed E-state index contributed by atoms with van der Waals surface area (Å²) in [5.41, 5.74) is 3.50. The van der Waals surface area contributed by atoms with Gasteiger partial charge in [-0.2, -0.15) is 15.4 Å².